The van der Waals surface area contributed by atoms with Gasteiger partial charge in [0.2, 0.25) is 5.82 Å². The summed E-state index contributed by atoms with van der Waals surface area (Å²) in [6.45, 7) is 0. The number of anilines is 3. The summed E-state index contributed by atoms with van der Waals surface area (Å²) in [5, 5.41) is 21.5. The fourth-order valence-corrected chi connectivity index (χ4v) is 7.83. The van der Waals surface area contributed by atoms with Gasteiger partial charge in [0, 0.05) is 54.9 Å². The number of carbonyl (C=O) groups is 3. The third kappa shape index (κ3) is 19.1. The Bertz CT molecular complexity index is 3450. The molecule has 83 heavy (non-hydrogen) atoms. The van der Waals surface area contributed by atoms with Crippen LogP contribution in [0, 0.1) is 0 Å². The summed E-state index contributed by atoms with van der Waals surface area (Å²) in [5.41, 5.74) is -13.7. The number of carbonyl (C=O) groups excluding carboxylic acids is 3. The topological polar surface area (TPSA) is 217 Å². The molecule has 3 N–H and O–H groups in total. The van der Waals surface area contributed by atoms with E-state index in [1.807, 2.05) is 0 Å². The van der Waals surface area contributed by atoms with Crippen LogP contribution in [0.2, 0.25) is 0 Å². The zero-order valence-corrected chi connectivity index (χ0v) is 42.8. The number of rotatable bonds is 12. The minimum atomic E-state index is -4.49. The number of pyridine rings is 1. The van der Waals surface area contributed by atoms with Gasteiger partial charge in [0.15, 0.2) is 0 Å². The third-order valence-electron chi connectivity index (χ3n) is 9.83. The lowest BCUT2D eigenvalue weighted by Crippen LogP contribution is -2.12. The number of thioether (sulfide) groups is 3. The van der Waals surface area contributed by atoms with Crippen molar-refractivity contribution in [1.82, 2.24) is 35.5 Å². The second-order valence-electron chi connectivity index (χ2n) is 15.7. The highest BCUT2D eigenvalue weighted by Crippen LogP contribution is 2.39. The van der Waals surface area contributed by atoms with E-state index in [0.29, 0.717) is 5.56 Å². The molecule has 0 bridgehead atoms. The van der Waals surface area contributed by atoms with Gasteiger partial charge in [0.1, 0.15) is 0 Å². The van der Waals surface area contributed by atoms with Crippen molar-refractivity contribution in [2.75, 3.05) is 16.0 Å². The standard InChI is InChI=1S/2C17H9F6N3O2S.C15H9F3N4O2S/c18-16(19,20)11-5-1-10(2-6-11)14-25-15(26-28-14)24-13(27)9-3-7-12(8-4-9)29-17(21,22)23;18-16(19,20)11-5-1-9(2-6-11)13-24-15(28-26-13)25-14(27)10-3-7-12(8-4-10)29-17(21,22)23;16-15(17,18)25-11-5-3-9(4-6-11)12(23)20-14-22-21-13(24-14)10-2-1-7-19-8-10/h1-8H,(H,24,26,27);1-8H,(H,24,25,26,27);1-8H,(H,20,22,23). The van der Waals surface area contributed by atoms with Crippen LogP contribution in [0.4, 0.5) is 83.8 Å². The van der Waals surface area contributed by atoms with Gasteiger partial charge >= 0.3 is 40.9 Å². The van der Waals surface area contributed by atoms with Crippen LogP contribution in [0.1, 0.15) is 42.2 Å². The molecule has 0 saturated heterocycles. The Morgan fingerprint density at radius 3 is 1.28 bits per heavy atom. The van der Waals surface area contributed by atoms with Crippen molar-refractivity contribution >= 4 is 71.0 Å². The smallest absolute Gasteiger partial charge is 0.403 e. The Morgan fingerprint density at radius 2 is 0.855 bits per heavy atom. The lowest BCUT2D eigenvalue weighted by Gasteiger charge is -2.06. The fraction of sp³-hybridized carbons (Fsp3) is 0.102. The van der Waals surface area contributed by atoms with Crippen molar-refractivity contribution in [2.45, 2.75) is 43.6 Å². The number of halogens is 15. The molecule has 0 spiro atoms. The first-order valence-corrected chi connectivity index (χ1v) is 24.7. The van der Waals surface area contributed by atoms with Crippen LogP contribution in [-0.4, -0.2) is 69.7 Å². The number of hydrogen-bond acceptors (Lipinski definition) is 16. The maximum Gasteiger partial charge on any atom is 0.446 e. The van der Waals surface area contributed by atoms with E-state index < -0.39 is 57.7 Å². The molecule has 0 atom stereocenters. The summed E-state index contributed by atoms with van der Waals surface area (Å²) in [4.78, 5) is 47.8. The monoisotopic (exact) mass is 1230 g/mol. The van der Waals surface area contributed by atoms with E-state index in [4.69, 9.17) is 13.5 Å². The van der Waals surface area contributed by atoms with Crippen LogP contribution in [0.25, 0.3) is 34.3 Å². The van der Waals surface area contributed by atoms with Gasteiger partial charge in [0.25, 0.3) is 35.5 Å². The van der Waals surface area contributed by atoms with Gasteiger partial charge < -0.3 is 13.5 Å². The second-order valence-corrected chi connectivity index (χ2v) is 19.1. The minimum absolute atomic E-state index is 0.0132. The first-order chi connectivity index (χ1) is 38.9. The summed E-state index contributed by atoms with van der Waals surface area (Å²) >= 11 is -0.880. The molecule has 0 saturated carbocycles. The molecule has 0 aliphatic carbocycles. The second kappa shape index (κ2) is 25.9. The molecule has 0 aliphatic rings. The highest BCUT2D eigenvalue weighted by atomic mass is 32.2. The molecule has 16 nitrogen and oxygen atoms in total. The van der Waals surface area contributed by atoms with Crippen molar-refractivity contribution in [2.24, 2.45) is 0 Å². The molecule has 0 aliphatic heterocycles. The number of alkyl halides is 15. The minimum Gasteiger partial charge on any atom is -0.403 e. The van der Waals surface area contributed by atoms with Crippen molar-refractivity contribution in [3.05, 3.63) is 174 Å². The Hall–Kier alpha value is -8.92. The predicted molar refractivity (Wildman–Crippen MR) is 266 cm³/mol. The third-order valence-corrected chi connectivity index (χ3v) is 12.0. The van der Waals surface area contributed by atoms with E-state index in [2.05, 4.69) is 51.4 Å². The largest absolute Gasteiger partial charge is 0.446 e. The first kappa shape index (κ1) is 61.7. The summed E-state index contributed by atoms with van der Waals surface area (Å²) in [6, 6.07) is 25.2. The molecular weight excluding hydrogens is 1210 g/mol. The van der Waals surface area contributed by atoms with Gasteiger partial charge in [-0.3, -0.25) is 35.3 Å². The molecule has 5 aromatic carbocycles. The Labute approximate surface area is 466 Å². The number of benzene rings is 5. The first-order valence-electron chi connectivity index (χ1n) is 22.2. The molecule has 4 heterocycles. The lowest BCUT2D eigenvalue weighted by atomic mass is 10.1. The van der Waals surface area contributed by atoms with E-state index in [-0.39, 0.29) is 113 Å². The van der Waals surface area contributed by atoms with Gasteiger partial charge in [-0.25, -0.2) is 0 Å². The highest BCUT2D eigenvalue weighted by Gasteiger charge is 2.33. The Kier molecular flexibility index (Phi) is 19.3. The van der Waals surface area contributed by atoms with Gasteiger partial charge in [-0.15, -0.1) is 5.10 Å². The average Bonchev–Trinajstić information content (AvgIpc) is 4.43. The number of hydrogen-bond donors (Lipinski definition) is 3. The predicted octanol–water partition coefficient (Wildman–Crippen LogP) is 15.2. The summed E-state index contributed by atoms with van der Waals surface area (Å²) in [6.07, 6.45) is -5.86. The van der Waals surface area contributed by atoms with Gasteiger partial charge in [0.05, 0.1) is 16.7 Å². The summed E-state index contributed by atoms with van der Waals surface area (Å²) in [7, 11) is 0. The van der Waals surface area contributed by atoms with Crippen molar-refractivity contribution < 1.29 is 93.7 Å². The van der Waals surface area contributed by atoms with Gasteiger partial charge in [-0.05, 0) is 162 Å². The van der Waals surface area contributed by atoms with Gasteiger partial charge in [-0.2, -0.15) is 75.8 Å². The van der Waals surface area contributed by atoms with E-state index in [1.54, 1.807) is 18.3 Å². The zero-order valence-electron chi connectivity index (χ0n) is 40.3. The van der Waals surface area contributed by atoms with Crippen LogP contribution in [-0.2, 0) is 12.4 Å². The average molecular weight is 1230 g/mol. The molecule has 9 rings (SSSR count). The van der Waals surface area contributed by atoms with Crippen LogP contribution >= 0.6 is 35.3 Å². The Morgan fingerprint density at radius 1 is 0.422 bits per heavy atom. The normalized spacial score (nSPS) is 11.8. The van der Waals surface area contributed by atoms with Crippen LogP contribution in [0.3, 0.4) is 0 Å². The molecule has 4 aromatic heterocycles. The maximum atomic E-state index is 12.6. The van der Waals surface area contributed by atoms with Crippen molar-refractivity contribution in [3.63, 3.8) is 0 Å². The Balaban J connectivity index is 0.000000180. The van der Waals surface area contributed by atoms with E-state index in [0.717, 1.165) is 72.8 Å². The molecular formula is C49H27F15N10O6S3. The molecule has 0 unspecified atom stereocenters. The quantitative estimate of drug-likeness (QED) is 0.0765. The fourth-order valence-electron chi connectivity index (χ4n) is 6.21. The van der Waals surface area contributed by atoms with Crippen molar-refractivity contribution in [1.29, 1.82) is 0 Å². The van der Waals surface area contributed by atoms with E-state index in [1.165, 1.54) is 54.7 Å². The number of nitrogens with zero attached hydrogens (tertiary/aromatic N) is 7. The molecule has 432 valence electrons. The molecule has 9 aromatic rings. The molecule has 0 fully saturated rings. The molecule has 34 heteroatoms. The summed E-state index contributed by atoms with van der Waals surface area (Å²) < 4.78 is 201. The van der Waals surface area contributed by atoms with E-state index >= 15 is 0 Å². The number of nitrogens with one attached hydrogen (secondary N) is 3. The highest BCUT2D eigenvalue weighted by molar-refractivity contribution is 8.00. The van der Waals surface area contributed by atoms with Gasteiger partial charge in [-0.1, -0.05) is 22.4 Å². The zero-order chi connectivity index (χ0) is 60.3. The molecule has 3 amide bonds. The van der Waals surface area contributed by atoms with Crippen molar-refractivity contribution in [3.8, 4) is 34.3 Å². The maximum absolute atomic E-state index is 12.6. The number of aromatic nitrogens is 7. The summed E-state index contributed by atoms with van der Waals surface area (Å²) in [5.74, 6) is -2.23. The SMILES string of the molecule is O=C(Nc1nc(-c2ccc(C(F)(F)F)cc2)no1)c1ccc(SC(F)(F)F)cc1.O=C(Nc1nnc(-c2cccnc2)o1)c1ccc(SC(F)(F)F)cc1.O=C(Nc1noc(-c2ccc(C(F)(F)F)cc2)n1)c1ccc(SC(F)(F)F)cc1. The molecule has 0 radical (unpaired) electrons. The van der Waals surface area contributed by atoms with Crippen LogP contribution in [0.5, 0.6) is 0 Å². The van der Waals surface area contributed by atoms with Crippen LogP contribution < -0.4 is 16.0 Å². The van der Waals surface area contributed by atoms with Crippen LogP contribution in [0.15, 0.2) is 174 Å². The number of amides is 3. The lowest BCUT2D eigenvalue weighted by molar-refractivity contribution is -0.138. The van der Waals surface area contributed by atoms with E-state index in [9.17, 15) is 80.2 Å².